The highest BCUT2D eigenvalue weighted by atomic mass is 35.5. The van der Waals surface area contributed by atoms with E-state index in [1.165, 1.54) is 6.08 Å². The molecule has 1 aliphatic heterocycles. The number of aromatic nitrogens is 2. The number of aryl methyl sites for hydroxylation is 2. The lowest BCUT2D eigenvalue weighted by atomic mass is 10.2. The molecule has 0 spiro atoms. The van der Waals surface area contributed by atoms with Crippen LogP contribution in [0.3, 0.4) is 0 Å². The van der Waals surface area contributed by atoms with E-state index in [1.54, 1.807) is 15.7 Å². The summed E-state index contributed by atoms with van der Waals surface area (Å²) >= 11 is 6.37. The van der Waals surface area contributed by atoms with Crippen LogP contribution in [0.5, 0.6) is 0 Å². The van der Waals surface area contributed by atoms with E-state index in [1.807, 2.05) is 13.8 Å². The van der Waals surface area contributed by atoms with Gasteiger partial charge in [-0.1, -0.05) is 24.9 Å². The van der Waals surface area contributed by atoms with Crippen LogP contribution < -0.4 is 0 Å². The molecule has 1 saturated heterocycles. The third-order valence-corrected chi connectivity index (χ3v) is 6.65. The van der Waals surface area contributed by atoms with E-state index < -0.39 is 9.84 Å². The molecule has 0 bridgehead atoms. The first-order chi connectivity index (χ1) is 11.8. The summed E-state index contributed by atoms with van der Waals surface area (Å²) in [7, 11) is -3.02. The van der Waals surface area contributed by atoms with Crippen molar-refractivity contribution in [2.75, 3.05) is 18.1 Å². The van der Waals surface area contributed by atoms with E-state index in [0.717, 1.165) is 30.6 Å². The van der Waals surface area contributed by atoms with E-state index in [9.17, 15) is 13.2 Å². The number of hydrogen-bond acceptors (Lipinski definition) is 4. The standard InChI is InChI=1S/C17H26ClN3O3S/c1-4-6-10-21-17(18)15(13(3)19-21)7-8-16(22)20(5-2)14-9-11-25(23,24)12-14/h7-8,14H,4-6,9-12H2,1-3H3/b8-7+. The smallest absolute Gasteiger partial charge is 0.246 e. The zero-order chi connectivity index (χ0) is 18.6. The van der Waals surface area contributed by atoms with Crippen molar-refractivity contribution in [2.45, 2.75) is 52.6 Å². The van der Waals surface area contributed by atoms with Crippen molar-refractivity contribution >= 4 is 33.4 Å². The second-order valence-electron chi connectivity index (χ2n) is 6.38. The summed E-state index contributed by atoms with van der Waals surface area (Å²) in [5.74, 6) is 0.0106. The van der Waals surface area contributed by atoms with Crippen LogP contribution in [0.4, 0.5) is 0 Å². The van der Waals surface area contributed by atoms with Gasteiger partial charge in [0.25, 0.3) is 0 Å². The Kier molecular flexibility index (Phi) is 6.68. The fraction of sp³-hybridized carbons (Fsp3) is 0.647. The maximum Gasteiger partial charge on any atom is 0.246 e. The summed E-state index contributed by atoms with van der Waals surface area (Å²) in [5, 5.41) is 4.95. The number of carbonyl (C=O) groups excluding carboxylic acids is 1. The normalized spacial score (nSPS) is 19.6. The molecule has 1 unspecified atom stereocenters. The molecule has 0 radical (unpaired) electrons. The zero-order valence-electron chi connectivity index (χ0n) is 15.0. The third-order valence-electron chi connectivity index (χ3n) is 4.50. The minimum atomic E-state index is -3.02. The second-order valence-corrected chi connectivity index (χ2v) is 8.97. The Morgan fingerprint density at radius 2 is 2.16 bits per heavy atom. The summed E-state index contributed by atoms with van der Waals surface area (Å²) in [6, 6.07) is -0.240. The highest BCUT2D eigenvalue weighted by molar-refractivity contribution is 7.91. The summed E-state index contributed by atoms with van der Waals surface area (Å²) < 4.78 is 25.1. The van der Waals surface area contributed by atoms with E-state index >= 15 is 0 Å². The van der Waals surface area contributed by atoms with Crippen molar-refractivity contribution in [2.24, 2.45) is 0 Å². The molecule has 0 aromatic carbocycles. The quantitative estimate of drug-likeness (QED) is 0.674. The Morgan fingerprint density at radius 3 is 2.72 bits per heavy atom. The maximum absolute atomic E-state index is 12.5. The van der Waals surface area contributed by atoms with Gasteiger partial charge in [0.15, 0.2) is 9.84 Å². The van der Waals surface area contributed by atoms with Gasteiger partial charge in [-0.3, -0.25) is 9.48 Å². The fourth-order valence-electron chi connectivity index (χ4n) is 3.08. The topological polar surface area (TPSA) is 72.3 Å². The Labute approximate surface area is 154 Å². The minimum absolute atomic E-state index is 0.0507. The Morgan fingerprint density at radius 1 is 1.44 bits per heavy atom. The highest BCUT2D eigenvalue weighted by Crippen LogP contribution is 2.23. The average Bonchev–Trinajstić information content (AvgIpc) is 3.04. The van der Waals surface area contributed by atoms with Gasteiger partial charge in [-0.05, 0) is 32.8 Å². The van der Waals surface area contributed by atoms with E-state index in [2.05, 4.69) is 12.0 Å². The predicted molar refractivity (Wildman–Crippen MR) is 100 cm³/mol. The molecule has 25 heavy (non-hydrogen) atoms. The molecule has 1 atom stereocenters. The van der Waals surface area contributed by atoms with Crippen molar-refractivity contribution in [1.29, 1.82) is 0 Å². The van der Waals surface area contributed by atoms with Crippen LogP contribution in [-0.4, -0.2) is 53.1 Å². The van der Waals surface area contributed by atoms with Gasteiger partial charge in [0.1, 0.15) is 5.15 Å². The SMILES string of the molecule is CCCCn1nc(C)c(/C=C/C(=O)N(CC)C2CCS(=O)(=O)C2)c1Cl. The van der Waals surface area contributed by atoms with Gasteiger partial charge >= 0.3 is 0 Å². The van der Waals surface area contributed by atoms with Gasteiger partial charge < -0.3 is 4.90 Å². The molecule has 0 saturated carbocycles. The lowest BCUT2D eigenvalue weighted by Gasteiger charge is -2.25. The lowest BCUT2D eigenvalue weighted by molar-refractivity contribution is -0.127. The Balaban J connectivity index is 2.12. The second kappa shape index (κ2) is 8.36. The minimum Gasteiger partial charge on any atom is -0.335 e. The van der Waals surface area contributed by atoms with Crippen molar-refractivity contribution in [3.63, 3.8) is 0 Å². The summed E-state index contributed by atoms with van der Waals surface area (Å²) in [4.78, 5) is 14.1. The fourth-order valence-corrected chi connectivity index (χ4v) is 5.13. The van der Waals surface area contributed by atoms with Gasteiger partial charge in [0.2, 0.25) is 5.91 Å². The summed E-state index contributed by atoms with van der Waals surface area (Å²) in [5.41, 5.74) is 1.51. The van der Waals surface area contributed by atoms with Gasteiger partial charge in [0.05, 0.1) is 17.2 Å². The Bertz CT molecular complexity index is 755. The number of halogens is 1. The monoisotopic (exact) mass is 387 g/mol. The van der Waals surface area contributed by atoms with E-state index in [0.29, 0.717) is 18.1 Å². The molecule has 140 valence electrons. The molecule has 1 fully saturated rings. The molecule has 1 aliphatic rings. The largest absolute Gasteiger partial charge is 0.335 e. The first kappa shape index (κ1) is 20.0. The first-order valence-corrected chi connectivity index (χ1v) is 10.9. The van der Waals surface area contributed by atoms with Crippen molar-refractivity contribution in [3.8, 4) is 0 Å². The number of unbranched alkanes of at least 4 members (excludes halogenated alkanes) is 1. The number of nitrogens with zero attached hydrogens (tertiary/aromatic N) is 3. The first-order valence-electron chi connectivity index (χ1n) is 8.71. The number of rotatable bonds is 7. The molecule has 1 amide bonds. The van der Waals surface area contributed by atoms with Gasteiger partial charge in [-0.2, -0.15) is 5.10 Å². The molecular weight excluding hydrogens is 362 g/mol. The number of sulfone groups is 1. The van der Waals surface area contributed by atoms with Gasteiger partial charge in [-0.15, -0.1) is 0 Å². The average molecular weight is 388 g/mol. The van der Waals surface area contributed by atoms with Crippen LogP contribution in [0.1, 0.15) is 44.4 Å². The highest BCUT2D eigenvalue weighted by Gasteiger charge is 2.33. The van der Waals surface area contributed by atoms with Gasteiger partial charge in [0, 0.05) is 30.8 Å². The zero-order valence-corrected chi connectivity index (χ0v) is 16.6. The third kappa shape index (κ3) is 4.85. The van der Waals surface area contributed by atoms with Crippen LogP contribution >= 0.6 is 11.6 Å². The van der Waals surface area contributed by atoms with Gasteiger partial charge in [-0.25, -0.2) is 8.42 Å². The summed E-state index contributed by atoms with van der Waals surface area (Å²) in [6.07, 6.45) is 5.69. The molecule has 0 N–H and O–H groups in total. The number of likely N-dealkylation sites (N-methyl/N-ethyl adjacent to an activating group) is 1. The predicted octanol–water partition coefficient (Wildman–Crippen LogP) is 2.69. The van der Waals surface area contributed by atoms with Crippen LogP contribution in [0.25, 0.3) is 6.08 Å². The van der Waals surface area contributed by atoms with E-state index in [4.69, 9.17) is 11.6 Å². The lowest BCUT2D eigenvalue weighted by Crippen LogP contribution is -2.40. The molecule has 1 aromatic heterocycles. The van der Waals surface area contributed by atoms with Crippen LogP contribution in [0.2, 0.25) is 5.15 Å². The summed E-state index contributed by atoms with van der Waals surface area (Å²) in [6.45, 7) is 7.05. The number of amides is 1. The van der Waals surface area contributed by atoms with Crippen LogP contribution in [0.15, 0.2) is 6.08 Å². The van der Waals surface area contributed by atoms with Crippen molar-refractivity contribution in [1.82, 2.24) is 14.7 Å². The molecule has 2 heterocycles. The molecule has 0 aliphatic carbocycles. The molecule has 8 heteroatoms. The molecule has 2 rings (SSSR count). The maximum atomic E-state index is 12.5. The van der Waals surface area contributed by atoms with Crippen LogP contribution in [0, 0.1) is 6.92 Å². The molecule has 6 nitrogen and oxygen atoms in total. The van der Waals surface area contributed by atoms with Crippen LogP contribution in [-0.2, 0) is 21.2 Å². The number of hydrogen-bond donors (Lipinski definition) is 0. The van der Waals surface area contributed by atoms with E-state index in [-0.39, 0.29) is 23.5 Å². The molecule has 1 aromatic rings. The molecular formula is C17H26ClN3O3S. The van der Waals surface area contributed by atoms with Crippen molar-refractivity contribution in [3.05, 3.63) is 22.5 Å². The Hall–Kier alpha value is -1.34. The van der Waals surface area contributed by atoms with Crippen molar-refractivity contribution < 1.29 is 13.2 Å². The number of carbonyl (C=O) groups is 1.